The molecule has 3 rings (SSSR count). The average Bonchev–Trinajstić information content (AvgIpc) is 3.30. The van der Waals surface area contributed by atoms with Crippen molar-refractivity contribution in [3.63, 3.8) is 0 Å². The van der Waals surface area contributed by atoms with Crippen LogP contribution in [0.2, 0.25) is 0 Å². The maximum Gasteiger partial charge on any atom is 0.253 e. The van der Waals surface area contributed by atoms with Gasteiger partial charge in [-0.3, -0.25) is 4.79 Å². The first-order valence-corrected chi connectivity index (χ1v) is 9.59. The van der Waals surface area contributed by atoms with Gasteiger partial charge in [0.05, 0.1) is 18.2 Å². The molecule has 2 aromatic rings. The molecule has 0 spiro atoms. The van der Waals surface area contributed by atoms with Gasteiger partial charge < -0.3 is 15.0 Å². The van der Waals surface area contributed by atoms with Crippen LogP contribution in [0, 0.1) is 19.8 Å². The van der Waals surface area contributed by atoms with Gasteiger partial charge in [0.2, 0.25) is 0 Å². The Bertz CT molecular complexity index is 685. The smallest absolute Gasteiger partial charge is 0.253 e. The molecule has 2 N–H and O–H groups in total. The van der Waals surface area contributed by atoms with Crippen LogP contribution in [-0.2, 0) is 6.54 Å². The van der Waals surface area contributed by atoms with Gasteiger partial charge in [-0.25, -0.2) is 0 Å². The van der Waals surface area contributed by atoms with Crippen LogP contribution in [0.4, 0.5) is 0 Å². The van der Waals surface area contributed by atoms with E-state index in [2.05, 4.69) is 21.3 Å². The van der Waals surface area contributed by atoms with Crippen molar-refractivity contribution in [2.45, 2.75) is 52.2 Å². The summed E-state index contributed by atoms with van der Waals surface area (Å²) in [4.78, 5) is 13.8. The lowest BCUT2D eigenvalue weighted by atomic mass is 10.0. The molecular weight excluding hydrogens is 320 g/mol. The first-order valence-electron chi connectivity index (χ1n) is 8.71. The quantitative estimate of drug-likeness (QED) is 0.841. The Morgan fingerprint density at radius 1 is 1.42 bits per heavy atom. The van der Waals surface area contributed by atoms with Crippen molar-refractivity contribution in [3.8, 4) is 0 Å². The monoisotopic (exact) mass is 346 g/mol. The number of carbonyl (C=O) groups excluding carboxylic acids is 1. The lowest BCUT2D eigenvalue weighted by Crippen LogP contribution is -2.35. The fourth-order valence-electron chi connectivity index (χ4n) is 3.63. The first kappa shape index (κ1) is 17.2. The number of hydrogen-bond acceptors (Lipinski definition) is 3. The summed E-state index contributed by atoms with van der Waals surface area (Å²) >= 11 is 1.73. The van der Waals surface area contributed by atoms with E-state index >= 15 is 0 Å². The summed E-state index contributed by atoms with van der Waals surface area (Å²) in [6.07, 6.45) is 4.11. The summed E-state index contributed by atoms with van der Waals surface area (Å²) in [5.41, 5.74) is 2.78. The molecule has 2 heterocycles. The molecule has 1 aliphatic carbocycles. The van der Waals surface area contributed by atoms with Crippen molar-refractivity contribution >= 4 is 17.2 Å². The van der Waals surface area contributed by atoms with E-state index < -0.39 is 6.10 Å². The van der Waals surface area contributed by atoms with E-state index in [1.165, 1.54) is 17.7 Å². The van der Waals surface area contributed by atoms with Crippen LogP contribution in [0.25, 0.3) is 0 Å². The summed E-state index contributed by atoms with van der Waals surface area (Å²) in [6, 6.07) is 6.10. The molecule has 130 valence electrons. The molecule has 24 heavy (non-hydrogen) atoms. The Labute approximate surface area is 147 Å². The second-order valence-electron chi connectivity index (χ2n) is 6.77. The average molecular weight is 346 g/mol. The van der Waals surface area contributed by atoms with Crippen LogP contribution in [0.15, 0.2) is 23.6 Å². The first-order chi connectivity index (χ1) is 11.6. The van der Waals surface area contributed by atoms with E-state index in [1.54, 1.807) is 11.3 Å². The molecule has 0 saturated heterocycles. The van der Waals surface area contributed by atoms with E-state index in [9.17, 15) is 9.90 Å². The molecule has 5 heteroatoms. The summed E-state index contributed by atoms with van der Waals surface area (Å²) < 4.78 is 2.17. The largest absolute Gasteiger partial charge is 0.391 e. The Morgan fingerprint density at radius 2 is 2.17 bits per heavy atom. The molecule has 1 unspecified atom stereocenters. The standard InChI is InChI=1S/C19H26N2O2S/c1-13-10-17(14(2)21(13)12-16-8-5-9-24-16)19(23)20-11-18(22)15-6-3-4-7-15/h5,8-10,15,18,22H,3-4,6-7,11-12H2,1-2H3,(H,20,23). The zero-order valence-corrected chi connectivity index (χ0v) is 15.2. The number of hydrogen-bond donors (Lipinski definition) is 2. The molecule has 4 nitrogen and oxygen atoms in total. The van der Waals surface area contributed by atoms with E-state index in [0.29, 0.717) is 18.0 Å². The van der Waals surface area contributed by atoms with E-state index in [1.807, 2.05) is 26.0 Å². The molecule has 1 saturated carbocycles. The molecule has 0 bridgehead atoms. The van der Waals surface area contributed by atoms with Crippen LogP contribution >= 0.6 is 11.3 Å². The number of aliphatic hydroxyl groups is 1. The van der Waals surface area contributed by atoms with Crippen molar-refractivity contribution < 1.29 is 9.90 Å². The normalized spacial score (nSPS) is 16.5. The van der Waals surface area contributed by atoms with Gasteiger partial charge in [0.1, 0.15) is 0 Å². The predicted octanol–water partition coefficient (Wildman–Crippen LogP) is 3.50. The molecule has 1 amide bonds. The van der Waals surface area contributed by atoms with Gasteiger partial charge in [0.25, 0.3) is 5.91 Å². The third kappa shape index (κ3) is 3.73. The lowest BCUT2D eigenvalue weighted by molar-refractivity contribution is 0.0840. The number of aliphatic hydroxyl groups excluding tert-OH is 1. The van der Waals surface area contributed by atoms with Crippen LogP contribution in [-0.4, -0.2) is 28.2 Å². The zero-order chi connectivity index (χ0) is 17.1. The minimum Gasteiger partial charge on any atom is -0.391 e. The number of nitrogens with zero attached hydrogens (tertiary/aromatic N) is 1. The van der Waals surface area contributed by atoms with Gasteiger partial charge >= 0.3 is 0 Å². The highest BCUT2D eigenvalue weighted by Crippen LogP contribution is 2.27. The van der Waals surface area contributed by atoms with Crippen molar-refractivity contribution in [3.05, 3.63) is 45.4 Å². The van der Waals surface area contributed by atoms with Crippen LogP contribution < -0.4 is 5.32 Å². The minimum atomic E-state index is -0.425. The lowest BCUT2D eigenvalue weighted by Gasteiger charge is -2.18. The SMILES string of the molecule is Cc1cc(C(=O)NCC(O)C2CCCC2)c(C)n1Cc1cccs1. The summed E-state index contributed by atoms with van der Waals surface area (Å²) in [7, 11) is 0. The number of aryl methyl sites for hydroxylation is 1. The van der Waals surface area contributed by atoms with Crippen molar-refractivity contribution in [1.82, 2.24) is 9.88 Å². The number of thiophene rings is 1. The molecular formula is C19H26N2O2S. The maximum absolute atomic E-state index is 12.5. The molecule has 1 aliphatic rings. The third-order valence-electron chi connectivity index (χ3n) is 5.13. The zero-order valence-electron chi connectivity index (χ0n) is 14.4. The number of aromatic nitrogens is 1. The second-order valence-corrected chi connectivity index (χ2v) is 7.80. The van der Waals surface area contributed by atoms with Gasteiger partial charge in [0.15, 0.2) is 0 Å². The van der Waals surface area contributed by atoms with Crippen LogP contribution in [0.5, 0.6) is 0 Å². The topological polar surface area (TPSA) is 54.3 Å². The van der Waals surface area contributed by atoms with E-state index in [4.69, 9.17) is 0 Å². The van der Waals surface area contributed by atoms with Crippen molar-refractivity contribution in [2.24, 2.45) is 5.92 Å². The van der Waals surface area contributed by atoms with Crippen LogP contribution in [0.1, 0.15) is 52.3 Å². The van der Waals surface area contributed by atoms with E-state index in [-0.39, 0.29) is 5.91 Å². The second kappa shape index (κ2) is 7.53. The van der Waals surface area contributed by atoms with Gasteiger partial charge in [-0.05, 0) is 50.1 Å². The number of nitrogens with one attached hydrogen (secondary N) is 1. The van der Waals surface area contributed by atoms with Crippen molar-refractivity contribution in [2.75, 3.05) is 6.54 Å². The molecule has 1 fully saturated rings. The summed E-state index contributed by atoms with van der Waals surface area (Å²) in [5, 5.41) is 15.2. The van der Waals surface area contributed by atoms with Gasteiger partial charge in [-0.2, -0.15) is 0 Å². The van der Waals surface area contributed by atoms with E-state index in [0.717, 1.165) is 30.8 Å². The predicted molar refractivity (Wildman–Crippen MR) is 97.6 cm³/mol. The fourth-order valence-corrected chi connectivity index (χ4v) is 4.33. The molecule has 1 atom stereocenters. The maximum atomic E-state index is 12.5. The van der Waals surface area contributed by atoms with Gasteiger partial charge in [-0.1, -0.05) is 18.9 Å². The third-order valence-corrected chi connectivity index (χ3v) is 5.99. The fraction of sp³-hybridized carbons (Fsp3) is 0.526. The molecule has 0 aliphatic heterocycles. The minimum absolute atomic E-state index is 0.0856. The van der Waals surface area contributed by atoms with Crippen LogP contribution in [0.3, 0.4) is 0 Å². The Hall–Kier alpha value is -1.59. The highest BCUT2D eigenvalue weighted by atomic mass is 32.1. The summed E-state index contributed by atoms with van der Waals surface area (Å²) in [6.45, 7) is 5.17. The Kier molecular flexibility index (Phi) is 5.41. The van der Waals surface area contributed by atoms with Gasteiger partial charge in [0, 0.05) is 22.8 Å². The number of rotatable bonds is 6. The van der Waals surface area contributed by atoms with Gasteiger partial charge in [-0.15, -0.1) is 11.3 Å². The van der Waals surface area contributed by atoms with Crippen molar-refractivity contribution in [1.29, 1.82) is 0 Å². The Morgan fingerprint density at radius 3 is 2.83 bits per heavy atom. The molecule has 0 radical (unpaired) electrons. The highest BCUT2D eigenvalue weighted by Gasteiger charge is 2.24. The summed E-state index contributed by atoms with van der Waals surface area (Å²) in [5.74, 6) is 0.258. The highest BCUT2D eigenvalue weighted by molar-refractivity contribution is 7.09. The Balaban J connectivity index is 1.64. The molecule has 2 aromatic heterocycles. The number of amides is 1. The molecule has 0 aromatic carbocycles. The number of carbonyl (C=O) groups is 1.